The van der Waals surface area contributed by atoms with Gasteiger partial charge in [0.2, 0.25) is 0 Å². The van der Waals surface area contributed by atoms with Crippen LogP contribution in [0.3, 0.4) is 0 Å². The fourth-order valence-corrected chi connectivity index (χ4v) is 4.43. The summed E-state index contributed by atoms with van der Waals surface area (Å²) < 4.78 is 1.94. The Bertz CT molecular complexity index is 1140. The lowest BCUT2D eigenvalue weighted by atomic mass is 9.92. The maximum atomic E-state index is 9.65. The van der Waals surface area contributed by atoms with Gasteiger partial charge in [0.25, 0.3) is 0 Å². The number of aromatic nitrogens is 4. The Balaban J connectivity index is 1.40. The van der Waals surface area contributed by atoms with Crippen LogP contribution in [0.25, 0.3) is 5.52 Å². The molecule has 1 aliphatic heterocycles. The molecule has 1 aliphatic carbocycles. The summed E-state index contributed by atoms with van der Waals surface area (Å²) in [4.78, 5) is 14.1. The second kappa shape index (κ2) is 6.98. The van der Waals surface area contributed by atoms with Crippen LogP contribution in [0, 0.1) is 11.3 Å². The quantitative estimate of drug-likeness (QED) is 0.657. The summed E-state index contributed by atoms with van der Waals surface area (Å²) in [5.74, 6) is 1.82. The summed E-state index contributed by atoms with van der Waals surface area (Å²) in [7, 11) is 0. The number of nitrogens with zero attached hydrogens (tertiary/aromatic N) is 7. The Morgan fingerprint density at radius 2 is 1.73 bits per heavy atom. The van der Waals surface area contributed by atoms with Gasteiger partial charge in [-0.3, -0.25) is 0 Å². The maximum Gasteiger partial charge on any atom is 0.154 e. The van der Waals surface area contributed by atoms with Gasteiger partial charge in [-0.2, -0.15) is 10.4 Å². The standard InChI is InChI=1S/C23H27N7/c1-23(2,3)20-14-19-22(25-7-8-30(19)27-20)29-11-9-28(10-12-29)21-17(15-24)13-16-5-4-6-18(16)26-21/h7-8,13-14H,4-6,9-12H2,1-3H3. The van der Waals surface area contributed by atoms with Crippen LogP contribution in [0.4, 0.5) is 11.6 Å². The van der Waals surface area contributed by atoms with E-state index >= 15 is 0 Å². The van der Waals surface area contributed by atoms with Gasteiger partial charge in [0, 0.05) is 49.7 Å². The third kappa shape index (κ3) is 3.17. The Morgan fingerprint density at radius 1 is 1.00 bits per heavy atom. The van der Waals surface area contributed by atoms with Crippen LogP contribution in [-0.2, 0) is 18.3 Å². The zero-order valence-electron chi connectivity index (χ0n) is 17.9. The predicted molar refractivity (Wildman–Crippen MR) is 117 cm³/mol. The van der Waals surface area contributed by atoms with E-state index in [0.29, 0.717) is 5.56 Å². The van der Waals surface area contributed by atoms with E-state index in [4.69, 9.17) is 10.1 Å². The molecule has 30 heavy (non-hydrogen) atoms. The smallest absolute Gasteiger partial charge is 0.154 e. The van der Waals surface area contributed by atoms with E-state index in [1.165, 1.54) is 11.3 Å². The molecule has 0 amide bonds. The van der Waals surface area contributed by atoms with Crippen molar-refractivity contribution in [1.82, 2.24) is 19.6 Å². The van der Waals surface area contributed by atoms with Crippen molar-refractivity contribution in [3.05, 3.63) is 47.0 Å². The third-order valence-corrected chi connectivity index (χ3v) is 6.17. The van der Waals surface area contributed by atoms with Gasteiger partial charge in [0.15, 0.2) is 5.82 Å². The average molecular weight is 402 g/mol. The molecule has 7 nitrogen and oxygen atoms in total. The molecule has 5 rings (SSSR count). The molecule has 3 aromatic heterocycles. The van der Waals surface area contributed by atoms with Crippen LogP contribution in [0.2, 0.25) is 0 Å². The second-order valence-electron chi connectivity index (χ2n) is 9.27. The zero-order chi connectivity index (χ0) is 20.9. The molecule has 0 spiro atoms. The summed E-state index contributed by atoms with van der Waals surface area (Å²) >= 11 is 0. The first-order valence-corrected chi connectivity index (χ1v) is 10.7. The molecule has 0 radical (unpaired) electrons. The first kappa shape index (κ1) is 18.9. The molecule has 0 unspecified atom stereocenters. The Kier molecular flexibility index (Phi) is 4.39. The molecule has 1 fully saturated rings. The number of fused-ring (bicyclic) bond motifs is 2. The highest BCUT2D eigenvalue weighted by Crippen LogP contribution is 2.30. The van der Waals surface area contributed by atoms with Crippen molar-refractivity contribution in [3.8, 4) is 6.07 Å². The third-order valence-electron chi connectivity index (χ3n) is 6.17. The number of nitriles is 1. The Morgan fingerprint density at radius 3 is 2.43 bits per heavy atom. The number of piperazine rings is 1. The van der Waals surface area contributed by atoms with Gasteiger partial charge >= 0.3 is 0 Å². The maximum absolute atomic E-state index is 9.65. The summed E-state index contributed by atoms with van der Waals surface area (Å²) in [6.07, 6.45) is 6.95. The molecule has 0 saturated carbocycles. The average Bonchev–Trinajstić information content (AvgIpc) is 3.39. The zero-order valence-corrected chi connectivity index (χ0v) is 17.9. The minimum absolute atomic E-state index is 0.00504. The lowest BCUT2D eigenvalue weighted by Gasteiger charge is -2.36. The van der Waals surface area contributed by atoms with E-state index in [9.17, 15) is 5.26 Å². The Labute approximate surface area is 177 Å². The molecular formula is C23H27N7. The van der Waals surface area contributed by atoms with Gasteiger partial charge in [0.05, 0.1) is 11.3 Å². The van der Waals surface area contributed by atoms with Crippen molar-refractivity contribution >= 4 is 17.2 Å². The largest absolute Gasteiger partial charge is 0.352 e. The number of anilines is 2. The van der Waals surface area contributed by atoms with Crippen LogP contribution in [0.1, 0.15) is 49.7 Å². The van der Waals surface area contributed by atoms with E-state index in [1.807, 2.05) is 16.9 Å². The van der Waals surface area contributed by atoms with Gasteiger partial charge in [-0.25, -0.2) is 14.5 Å². The van der Waals surface area contributed by atoms with Gasteiger partial charge < -0.3 is 9.80 Å². The number of hydrogen-bond acceptors (Lipinski definition) is 6. The van der Waals surface area contributed by atoms with Crippen molar-refractivity contribution in [2.75, 3.05) is 36.0 Å². The monoisotopic (exact) mass is 401 g/mol. The van der Waals surface area contributed by atoms with Crippen molar-refractivity contribution in [1.29, 1.82) is 5.26 Å². The Hall–Kier alpha value is -3.14. The predicted octanol–water partition coefficient (Wildman–Crippen LogP) is 3.11. The van der Waals surface area contributed by atoms with E-state index < -0.39 is 0 Å². The number of aryl methyl sites for hydroxylation is 2. The summed E-state index contributed by atoms with van der Waals surface area (Å²) in [6, 6.07) is 6.58. The second-order valence-corrected chi connectivity index (χ2v) is 9.27. The number of hydrogen-bond donors (Lipinski definition) is 0. The molecule has 7 heteroatoms. The molecule has 0 N–H and O–H groups in total. The normalized spacial score (nSPS) is 16.7. The minimum Gasteiger partial charge on any atom is -0.352 e. The molecule has 2 aliphatic rings. The summed E-state index contributed by atoms with van der Waals surface area (Å²) in [6.45, 7) is 9.86. The molecule has 0 bridgehead atoms. The lowest BCUT2D eigenvalue weighted by Crippen LogP contribution is -2.47. The summed E-state index contributed by atoms with van der Waals surface area (Å²) in [5, 5.41) is 14.4. The molecule has 3 aromatic rings. The van der Waals surface area contributed by atoms with Crippen LogP contribution >= 0.6 is 0 Å². The number of rotatable bonds is 2. The number of pyridine rings is 1. The molecule has 1 saturated heterocycles. The highest BCUT2D eigenvalue weighted by atomic mass is 15.3. The van der Waals surface area contributed by atoms with Crippen LogP contribution < -0.4 is 9.80 Å². The SMILES string of the molecule is CC(C)(C)c1cc2c(N3CCN(c4nc5c(cc4C#N)CCC5)CC3)nccn2n1. The van der Waals surface area contributed by atoms with E-state index in [1.54, 1.807) is 0 Å². The van der Waals surface area contributed by atoms with Gasteiger partial charge in [-0.15, -0.1) is 0 Å². The lowest BCUT2D eigenvalue weighted by molar-refractivity contribution is 0.562. The fraction of sp³-hybridized carbons (Fsp3) is 0.478. The van der Waals surface area contributed by atoms with Gasteiger partial charge in [0.1, 0.15) is 17.4 Å². The molecule has 4 heterocycles. The first-order chi connectivity index (χ1) is 14.4. The highest BCUT2D eigenvalue weighted by molar-refractivity contribution is 5.70. The van der Waals surface area contributed by atoms with Gasteiger partial charge in [-0.05, 0) is 37.0 Å². The minimum atomic E-state index is -0.00504. The van der Waals surface area contributed by atoms with Crippen molar-refractivity contribution in [2.45, 2.75) is 45.4 Å². The van der Waals surface area contributed by atoms with E-state index in [0.717, 1.165) is 68.3 Å². The summed E-state index contributed by atoms with van der Waals surface area (Å²) in [5.41, 5.74) is 5.23. The molecule has 0 atom stereocenters. The van der Waals surface area contributed by atoms with Crippen LogP contribution in [-0.4, -0.2) is 45.8 Å². The van der Waals surface area contributed by atoms with Crippen molar-refractivity contribution < 1.29 is 0 Å². The van der Waals surface area contributed by atoms with E-state index in [2.05, 4.69) is 53.8 Å². The van der Waals surface area contributed by atoms with Crippen molar-refractivity contribution in [2.24, 2.45) is 0 Å². The van der Waals surface area contributed by atoms with Gasteiger partial charge in [-0.1, -0.05) is 20.8 Å². The molecular weight excluding hydrogens is 374 g/mol. The van der Waals surface area contributed by atoms with Crippen LogP contribution in [0.5, 0.6) is 0 Å². The fourth-order valence-electron chi connectivity index (χ4n) is 4.43. The first-order valence-electron chi connectivity index (χ1n) is 10.7. The van der Waals surface area contributed by atoms with E-state index in [-0.39, 0.29) is 5.41 Å². The molecule has 154 valence electrons. The molecule has 0 aromatic carbocycles. The highest BCUT2D eigenvalue weighted by Gasteiger charge is 2.26. The topological polar surface area (TPSA) is 73.3 Å². The van der Waals surface area contributed by atoms with Crippen LogP contribution in [0.15, 0.2) is 24.5 Å². The van der Waals surface area contributed by atoms with Crippen molar-refractivity contribution in [3.63, 3.8) is 0 Å².